The lowest BCUT2D eigenvalue weighted by Crippen LogP contribution is -2.00. The lowest BCUT2D eigenvalue weighted by molar-refractivity contribution is 0.618. The molecule has 0 radical (unpaired) electrons. The van der Waals surface area contributed by atoms with Gasteiger partial charge < -0.3 is 4.42 Å². The van der Waals surface area contributed by atoms with Crippen molar-refractivity contribution >= 4 is 22.6 Å². The highest BCUT2D eigenvalue weighted by Gasteiger charge is 2.07. The van der Waals surface area contributed by atoms with Crippen LogP contribution in [0.3, 0.4) is 0 Å². The molecule has 0 amide bonds. The topological polar surface area (TPSA) is 43.1 Å². The van der Waals surface area contributed by atoms with Crippen molar-refractivity contribution in [3.63, 3.8) is 0 Å². The zero-order chi connectivity index (χ0) is 12.5. The summed E-state index contributed by atoms with van der Waals surface area (Å²) in [4.78, 5) is 16.0. The second kappa shape index (κ2) is 4.27. The van der Waals surface area contributed by atoms with Crippen molar-refractivity contribution < 1.29 is 4.42 Å². The summed E-state index contributed by atoms with van der Waals surface area (Å²) in [5, 5.41) is 1.06. The van der Waals surface area contributed by atoms with E-state index in [2.05, 4.69) is 4.98 Å². The van der Waals surface area contributed by atoms with Gasteiger partial charge in [-0.3, -0.25) is 9.78 Å². The molecule has 18 heavy (non-hydrogen) atoms. The SMILES string of the molecule is O=c1cc(-c2cccnc2)oc2cc(Cl)ccc12. The number of pyridine rings is 1. The lowest BCUT2D eigenvalue weighted by atomic mass is 10.1. The standard InChI is InChI=1S/C14H8ClNO2/c15-10-3-4-11-12(17)7-13(18-14(11)6-10)9-2-1-5-16-8-9/h1-8H. The van der Waals surface area contributed by atoms with Crippen molar-refractivity contribution in [2.45, 2.75) is 0 Å². The van der Waals surface area contributed by atoms with Crippen LogP contribution in [0.5, 0.6) is 0 Å². The van der Waals surface area contributed by atoms with Crippen LogP contribution in [0.15, 0.2) is 58.0 Å². The van der Waals surface area contributed by atoms with Gasteiger partial charge in [-0.1, -0.05) is 11.6 Å². The molecule has 0 aliphatic heterocycles. The average molecular weight is 258 g/mol. The van der Waals surface area contributed by atoms with Gasteiger partial charge in [0.05, 0.1) is 5.39 Å². The molecule has 1 aromatic carbocycles. The number of benzene rings is 1. The molecule has 3 aromatic rings. The molecule has 0 bridgehead atoms. The number of aromatic nitrogens is 1. The van der Waals surface area contributed by atoms with Gasteiger partial charge in [-0.15, -0.1) is 0 Å². The Morgan fingerprint density at radius 1 is 1.17 bits per heavy atom. The first kappa shape index (κ1) is 11.0. The van der Waals surface area contributed by atoms with E-state index in [1.54, 1.807) is 36.7 Å². The Hall–Kier alpha value is -2.13. The van der Waals surface area contributed by atoms with Gasteiger partial charge in [-0.25, -0.2) is 0 Å². The van der Waals surface area contributed by atoms with Crippen molar-refractivity contribution in [3.05, 3.63) is 64.0 Å². The van der Waals surface area contributed by atoms with Crippen LogP contribution in [-0.4, -0.2) is 4.98 Å². The number of hydrogen-bond donors (Lipinski definition) is 0. The van der Waals surface area contributed by atoms with Crippen molar-refractivity contribution in [3.8, 4) is 11.3 Å². The molecule has 0 atom stereocenters. The Labute approximate surface area is 108 Å². The van der Waals surface area contributed by atoms with Crippen LogP contribution in [0, 0.1) is 0 Å². The Morgan fingerprint density at radius 3 is 2.83 bits per heavy atom. The fraction of sp³-hybridized carbons (Fsp3) is 0. The van der Waals surface area contributed by atoms with Crippen molar-refractivity contribution in [2.24, 2.45) is 0 Å². The predicted molar refractivity (Wildman–Crippen MR) is 70.7 cm³/mol. The fourth-order valence-corrected chi connectivity index (χ4v) is 1.94. The molecule has 0 N–H and O–H groups in total. The molecular formula is C14H8ClNO2. The monoisotopic (exact) mass is 257 g/mol. The van der Waals surface area contributed by atoms with E-state index in [0.29, 0.717) is 21.8 Å². The summed E-state index contributed by atoms with van der Waals surface area (Å²) in [5.41, 5.74) is 1.15. The molecular weight excluding hydrogens is 250 g/mol. The molecule has 4 heteroatoms. The van der Waals surface area contributed by atoms with Crippen molar-refractivity contribution in [1.29, 1.82) is 0 Å². The summed E-state index contributed by atoms with van der Waals surface area (Å²) in [6.45, 7) is 0. The van der Waals surface area contributed by atoms with E-state index >= 15 is 0 Å². The Bertz CT molecular complexity index is 766. The van der Waals surface area contributed by atoms with Crippen molar-refractivity contribution in [2.75, 3.05) is 0 Å². The molecule has 2 aromatic heterocycles. The summed E-state index contributed by atoms with van der Waals surface area (Å²) in [6.07, 6.45) is 3.31. The first-order chi connectivity index (χ1) is 8.74. The zero-order valence-electron chi connectivity index (χ0n) is 9.26. The summed E-state index contributed by atoms with van der Waals surface area (Å²) in [7, 11) is 0. The predicted octanol–water partition coefficient (Wildman–Crippen LogP) is 3.51. The lowest BCUT2D eigenvalue weighted by Gasteiger charge is -2.02. The summed E-state index contributed by atoms with van der Waals surface area (Å²) < 4.78 is 5.69. The van der Waals surface area contributed by atoms with Gasteiger partial charge in [-0.05, 0) is 24.3 Å². The molecule has 3 nitrogen and oxygen atoms in total. The van der Waals surface area contributed by atoms with E-state index < -0.39 is 0 Å². The third kappa shape index (κ3) is 1.89. The first-order valence-electron chi connectivity index (χ1n) is 5.38. The van der Waals surface area contributed by atoms with Crippen LogP contribution in [0.2, 0.25) is 5.02 Å². The van der Waals surface area contributed by atoms with E-state index in [4.69, 9.17) is 16.0 Å². The summed E-state index contributed by atoms with van der Waals surface area (Å²) >= 11 is 5.89. The number of rotatable bonds is 1. The van der Waals surface area contributed by atoms with Gasteiger partial charge in [0.2, 0.25) is 0 Å². The van der Waals surface area contributed by atoms with E-state index in [1.807, 2.05) is 6.07 Å². The quantitative estimate of drug-likeness (QED) is 0.670. The number of nitrogens with zero attached hydrogens (tertiary/aromatic N) is 1. The van der Waals surface area contributed by atoms with Crippen LogP contribution < -0.4 is 5.43 Å². The third-order valence-electron chi connectivity index (χ3n) is 2.64. The molecule has 2 heterocycles. The number of hydrogen-bond acceptors (Lipinski definition) is 3. The highest BCUT2D eigenvalue weighted by molar-refractivity contribution is 6.31. The maximum absolute atomic E-state index is 12.0. The summed E-state index contributed by atoms with van der Waals surface area (Å²) in [5.74, 6) is 0.489. The van der Waals surface area contributed by atoms with E-state index in [0.717, 1.165) is 5.56 Å². The molecule has 0 aliphatic carbocycles. The molecule has 88 valence electrons. The molecule has 3 rings (SSSR count). The van der Waals surface area contributed by atoms with Crippen LogP contribution in [0.4, 0.5) is 0 Å². The van der Waals surface area contributed by atoms with Crippen molar-refractivity contribution in [1.82, 2.24) is 4.98 Å². The Morgan fingerprint density at radius 2 is 2.06 bits per heavy atom. The second-order valence-electron chi connectivity index (χ2n) is 3.86. The van der Waals surface area contributed by atoms with Crippen LogP contribution in [0.25, 0.3) is 22.3 Å². The highest BCUT2D eigenvalue weighted by atomic mass is 35.5. The first-order valence-corrected chi connectivity index (χ1v) is 5.76. The molecule has 0 fully saturated rings. The number of fused-ring (bicyclic) bond motifs is 1. The van der Waals surface area contributed by atoms with Gasteiger partial charge in [0, 0.05) is 35.1 Å². The van der Waals surface area contributed by atoms with E-state index in [9.17, 15) is 4.79 Å². The summed E-state index contributed by atoms with van der Waals surface area (Å²) in [6, 6.07) is 10.1. The minimum absolute atomic E-state index is 0.0910. The number of halogens is 1. The van der Waals surface area contributed by atoms with Gasteiger partial charge in [0.25, 0.3) is 0 Å². The van der Waals surface area contributed by atoms with Gasteiger partial charge in [0.1, 0.15) is 11.3 Å². The highest BCUT2D eigenvalue weighted by Crippen LogP contribution is 2.23. The fourth-order valence-electron chi connectivity index (χ4n) is 1.78. The minimum atomic E-state index is -0.0910. The normalized spacial score (nSPS) is 10.7. The average Bonchev–Trinajstić information content (AvgIpc) is 2.39. The van der Waals surface area contributed by atoms with Crippen LogP contribution >= 0.6 is 11.6 Å². The molecule has 0 aliphatic rings. The third-order valence-corrected chi connectivity index (χ3v) is 2.87. The zero-order valence-corrected chi connectivity index (χ0v) is 10.0. The van der Waals surface area contributed by atoms with Gasteiger partial charge >= 0.3 is 0 Å². The van der Waals surface area contributed by atoms with Gasteiger partial charge in [-0.2, -0.15) is 0 Å². The van der Waals surface area contributed by atoms with Crippen LogP contribution in [-0.2, 0) is 0 Å². The Kier molecular flexibility index (Phi) is 2.61. The largest absolute Gasteiger partial charge is 0.456 e. The Balaban J connectivity index is 2.30. The maximum atomic E-state index is 12.0. The smallest absolute Gasteiger partial charge is 0.193 e. The minimum Gasteiger partial charge on any atom is -0.456 e. The molecule has 0 unspecified atom stereocenters. The molecule has 0 spiro atoms. The van der Waals surface area contributed by atoms with Crippen LogP contribution in [0.1, 0.15) is 0 Å². The van der Waals surface area contributed by atoms with Gasteiger partial charge in [0.15, 0.2) is 5.43 Å². The molecule has 0 saturated heterocycles. The maximum Gasteiger partial charge on any atom is 0.193 e. The molecule has 0 saturated carbocycles. The second-order valence-corrected chi connectivity index (χ2v) is 4.29. The van der Waals surface area contributed by atoms with E-state index in [-0.39, 0.29) is 5.43 Å². The van der Waals surface area contributed by atoms with E-state index in [1.165, 1.54) is 6.07 Å².